The van der Waals surface area contributed by atoms with E-state index in [4.69, 9.17) is 30.0 Å². The molecule has 8 aromatic carbocycles. The summed E-state index contributed by atoms with van der Waals surface area (Å²) in [5.41, 5.74) is 21.1. The molecule has 1 aliphatic rings. The van der Waals surface area contributed by atoms with E-state index in [-0.39, 0.29) is 0 Å². The third-order valence-electron chi connectivity index (χ3n) is 22.9. The first-order chi connectivity index (χ1) is 57.9. The van der Waals surface area contributed by atoms with Crippen LogP contribution in [0.4, 0.5) is 0 Å². The summed E-state index contributed by atoms with van der Waals surface area (Å²) in [5, 5.41) is 17.6. The summed E-state index contributed by atoms with van der Waals surface area (Å²) in [6.07, 6.45) is 18.8. The van der Waals surface area contributed by atoms with E-state index >= 15 is 0 Å². The minimum Gasteiger partial charge on any atom is -0.437 e. The van der Waals surface area contributed by atoms with Crippen molar-refractivity contribution in [1.82, 2.24) is 19.9 Å². The molecule has 1 fully saturated rings. The fourth-order valence-corrected chi connectivity index (χ4v) is 17.4. The zero-order valence-electron chi connectivity index (χ0n) is 73.6. The summed E-state index contributed by atoms with van der Waals surface area (Å²) >= 11 is 0. The third-order valence-corrected chi connectivity index (χ3v) is 22.9. The summed E-state index contributed by atoms with van der Waals surface area (Å²) in [6.45, 7) is 9.15. The Morgan fingerprint density at radius 3 is 0.946 bits per heavy atom. The first-order valence-corrected chi connectivity index (χ1v) is 38.2. The van der Waals surface area contributed by atoms with Crippen LogP contribution in [-0.4, -0.2) is 19.9 Å². The van der Waals surface area contributed by atoms with Gasteiger partial charge in [-0.25, -0.2) is 38.2 Å². The number of furan rings is 4. The van der Waals surface area contributed by atoms with Crippen molar-refractivity contribution in [1.29, 1.82) is 0 Å². The molecule has 1 saturated carbocycles. The quantitative estimate of drug-likeness (QED) is 0.145. The second-order valence-corrected chi connectivity index (χ2v) is 29.9. The van der Waals surface area contributed by atoms with Crippen LogP contribution in [0.1, 0.15) is 128 Å². The van der Waals surface area contributed by atoms with Crippen molar-refractivity contribution < 1.29 is 48.3 Å². The lowest BCUT2D eigenvalue weighted by atomic mass is 9.92. The third kappa shape index (κ3) is 12.0. The highest BCUT2D eigenvalue weighted by Gasteiger charge is 2.31. The first kappa shape index (κ1) is 61.0. The molecule has 0 amide bonds. The highest BCUT2D eigenvalue weighted by Crippen LogP contribution is 2.48. The second kappa shape index (κ2) is 28.6. The fraction of sp³-hybridized carbons (Fsp3) is 0.200. The summed E-state index contributed by atoms with van der Waals surface area (Å²) in [4.78, 5) is 17.8. The van der Waals surface area contributed by atoms with E-state index in [0.29, 0.717) is 34.0 Å². The van der Waals surface area contributed by atoms with Crippen molar-refractivity contribution in [2.75, 3.05) is 0 Å². The molecule has 0 N–H and O–H groups in total. The van der Waals surface area contributed by atoms with Crippen molar-refractivity contribution in [2.24, 2.45) is 28.2 Å². The second-order valence-electron chi connectivity index (χ2n) is 29.9. The fourth-order valence-electron chi connectivity index (χ4n) is 17.4. The first-order valence-electron chi connectivity index (χ1n) is 42.7. The molecule has 0 radical (unpaired) electrons. The number of fused-ring (bicyclic) bond motifs is 20. The molecule has 1 unspecified atom stereocenters. The van der Waals surface area contributed by atoms with Gasteiger partial charge in [-0.15, -0.1) is 0 Å². The Balaban J connectivity index is 0.000000111. The number of benzene rings is 8. The standard InChI is InChI=1S/C27H25N2O.2C25H23N2O.C23H19N2O/c1-17-20-10-5-6-11-21(20)25-22-12-7-15-28-27(22)30-26(25)24(17)23-14-13-19(16-29(23)2)18-8-3-4-9-18;2*1-15(2)17-11-12-21(27(4)14-17)22-16(3)18-8-5-6-9-19(18)23-20-10-7-13-26-25(20)28-24(22)23;1-14-10-11-19(25(3)13-14)20-15(2)16-7-4-5-8-17(16)21-18-9-6-12-24-23(18)26-22(20)21/h5-7,10-16,18H,3-4,8-9H2,1-2H3;2*5-15H,1-4H3;4-13H,1-3H3/q4*+1/i18D;1D3,15D;15D;1D3. The van der Waals surface area contributed by atoms with Gasteiger partial charge in [-0.3, -0.25) is 0 Å². The van der Waals surface area contributed by atoms with Gasteiger partial charge >= 0.3 is 0 Å². The van der Waals surface area contributed by atoms with Crippen LogP contribution in [-0.2, 0) is 28.2 Å². The molecule has 1 aliphatic carbocycles. The van der Waals surface area contributed by atoms with Crippen LogP contribution < -0.4 is 18.3 Å². The van der Waals surface area contributed by atoms with Crippen LogP contribution in [0.2, 0.25) is 0 Å². The molecule has 1 atom stereocenters. The Morgan fingerprint density at radius 2 is 0.643 bits per heavy atom. The van der Waals surface area contributed by atoms with Crippen LogP contribution in [0.3, 0.4) is 0 Å². The Labute approximate surface area is 663 Å². The predicted octanol–water partition coefficient (Wildman–Crippen LogP) is 23.9. The monoisotopic (exact) mass is 1480 g/mol. The van der Waals surface area contributed by atoms with Gasteiger partial charge in [-0.1, -0.05) is 138 Å². The van der Waals surface area contributed by atoms with Crippen molar-refractivity contribution in [3.63, 3.8) is 0 Å². The maximum absolute atomic E-state index is 8.91. The average Bonchev–Trinajstić information content (AvgIpc) is 1.64. The number of rotatable bonds is 7. The van der Waals surface area contributed by atoms with E-state index < -0.39 is 31.4 Å². The molecule has 12 nitrogen and oxygen atoms in total. The van der Waals surface area contributed by atoms with Crippen LogP contribution in [0, 0.1) is 34.5 Å². The molecule has 0 bridgehead atoms. The number of pyridine rings is 8. The average molecular weight is 1480 g/mol. The Kier molecular flexibility index (Phi) is 15.6. The van der Waals surface area contributed by atoms with E-state index in [1.807, 2.05) is 129 Å². The number of aromatic nitrogens is 8. The maximum Gasteiger partial charge on any atom is 0.227 e. The van der Waals surface area contributed by atoms with Gasteiger partial charge in [0.1, 0.15) is 28.2 Å². The molecule has 550 valence electrons. The zero-order valence-corrected chi connectivity index (χ0v) is 64.6. The number of nitrogens with zero attached hydrogens (tertiary/aromatic N) is 8. The van der Waals surface area contributed by atoms with Crippen LogP contribution in [0.25, 0.3) is 176 Å². The van der Waals surface area contributed by atoms with Crippen molar-refractivity contribution >= 4 is 131 Å². The smallest absolute Gasteiger partial charge is 0.227 e. The lowest BCUT2D eigenvalue weighted by Gasteiger charge is -2.12. The molecular formula is C100H90N8O4+4. The van der Waals surface area contributed by atoms with Gasteiger partial charge in [-0.2, -0.15) is 0 Å². The minimum absolute atomic E-state index is 0.310. The van der Waals surface area contributed by atoms with E-state index in [0.717, 1.165) is 180 Å². The summed E-state index contributed by atoms with van der Waals surface area (Å²) in [6, 6.07) is 65.1. The molecule has 12 heterocycles. The Morgan fingerprint density at radius 1 is 0.348 bits per heavy atom. The van der Waals surface area contributed by atoms with E-state index in [9.17, 15) is 0 Å². The summed E-state index contributed by atoms with van der Waals surface area (Å²) < 4.78 is 105. The molecular weight excluding hydrogens is 1380 g/mol. The van der Waals surface area contributed by atoms with Gasteiger partial charge in [0.05, 0.1) is 22.3 Å². The highest BCUT2D eigenvalue weighted by atomic mass is 16.4. The Hall–Kier alpha value is -12.8. The lowest BCUT2D eigenvalue weighted by Crippen LogP contribution is -2.31. The summed E-state index contributed by atoms with van der Waals surface area (Å²) in [7, 11) is 7.85. The van der Waals surface area contributed by atoms with Crippen molar-refractivity contribution in [2.45, 2.75) is 106 Å². The summed E-state index contributed by atoms with van der Waals surface area (Å²) in [5.74, 6) is -2.80. The van der Waals surface area contributed by atoms with Gasteiger partial charge < -0.3 is 17.7 Å². The topological polar surface area (TPSA) is 120 Å². The van der Waals surface area contributed by atoms with E-state index in [1.54, 1.807) is 49.3 Å². The number of aryl methyl sites for hydroxylation is 9. The van der Waals surface area contributed by atoms with Gasteiger partial charge in [0, 0.05) is 127 Å². The number of hydrogen-bond donors (Lipinski definition) is 0. The van der Waals surface area contributed by atoms with Gasteiger partial charge in [-0.05, 0) is 203 Å². The Bertz CT molecular complexity index is 7400. The zero-order chi connectivity index (χ0) is 84.7. The number of hydrogen-bond acceptors (Lipinski definition) is 8. The molecule has 112 heavy (non-hydrogen) atoms. The minimum atomic E-state index is -2.43. The molecule has 21 rings (SSSR count). The molecule has 12 aromatic heterocycles. The molecule has 20 aromatic rings. The van der Waals surface area contributed by atoms with Crippen molar-refractivity contribution in [3.8, 4) is 45.0 Å². The van der Waals surface area contributed by atoms with E-state index in [2.05, 4.69) is 173 Å². The largest absolute Gasteiger partial charge is 0.437 e. The van der Waals surface area contributed by atoms with Crippen molar-refractivity contribution in [3.05, 3.63) is 288 Å². The highest BCUT2D eigenvalue weighted by molar-refractivity contribution is 6.26. The van der Waals surface area contributed by atoms with Gasteiger partial charge in [0.15, 0.2) is 47.1 Å². The predicted molar refractivity (Wildman–Crippen MR) is 456 cm³/mol. The SMILES string of the molecule is [2H]C(C)(C)c1ccc(-c2c(C)c3ccccc3c3c2oc2ncccc23)[n+](C)c1.[2H]C([2H])([2H])C([2H])(C)c1ccc(-c2c(C)c3ccccc3c3c2oc2ncccc23)[n+](C)c1.[2H]C([2H])([2H])c1ccc(-c2c(C)c3ccccc3c3c2oc2ncccc23)[n+](C)c1.[2H]C1(c2ccc(-c3c(C)c4ccccc4c4c3oc3ncccc34)[n+](C)c2)CCCC1. The van der Waals surface area contributed by atoms with Crippen LogP contribution in [0.5, 0.6) is 0 Å². The van der Waals surface area contributed by atoms with Crippen LogP contribution >= 0.6 is 0 Å². The van der Waals surface area contributed by atoms with Gasteiger partial charge in [0.2, 0.25) is 45.6 Å². The van der Waals surface area contributed by atoms with Crippen LogP contribution in [0.15, 0.2) is 261 Å². The molecule has 0 saturated heterocycles. The molecule has 0 aliphatic heterocycles. The van der Waals surface area contributed by atoms with Gasteiger partial charge in [0.25, 0.3) is 0 Å². The van der Waals surface area contributed by atoms with E-state index in [1.165, 1.54) is 39.6 Å². The maximum atomic E-state index is 8.91. The molecule has 0 spiro atoms. The normalized spacial score (nSPS) is 15.0. The molecule has 12 heteroatoms. The lowest BCUT2D eigenvalue weighted by molar-refractivity contribution is -0.661.